The number of ether oxygens (including phenoxy) is 1. The van der Waals surface area contributed by atoms with Gasteiger partial charge in [0.05, 0.1) is 16.6 Å². The SMILES string of the molecule is Cl.O=c1c2ccccc2[nH]n1-c1ccc(OCC2CCCN2)cc1. The third-order valence-corrected chi connectivity index (χ3v) is 4.30. The average molecular weight is 346 g/mol. The molecule has 0 radical (unpaired) electrons. The normalized spacial score (nSPS) is 16.9. The molecule has 1 fully saturated rings. The molecule has 1 aliphatic rings. The smallest absolute Gasteiger partial charge is 0.279 e. The van der Waals surface area contributed by atoms with Gasteiger partial charge in [0.25, 0.3) is 5.56 Å². The van der Waals surface area contributed by atoms with Crippen LogP contribution in [0.2, 0.25) is 0 Å². The van der Waals surface area contributed by atoms with Gasteiger partial charge in [0.1, 0.15) is 12.4 Å². The minimum atomic E-state index is -0.0376. The van der Waals surface area contributed by atoms with Gasteiger partial charge in [-0.25, -0.2) is 4.68 Å². The van der Waals surface area contributed by atoms with Crippen molar-refractivity contribution in [3.63, 3.8) is 0 Å². The first-order valence-corrected chi connectivity index (χ1v) is 7.98. The van der Waals surface area contributed by atoms with E-state index in [0.717, 1.165) is 23.5 Å². The highest BCUT2D eigenvalue weighted by Crippen LogP contribution is 2.17. The van der Waals surface area contributed by atoms with Gasteiger partial charge >= 0.3 is 0 Å². The van der Waals surface area contributed by atoms with Crippen molar-refractivity contribution in [3.8, 4) is 11.4 Å². The molecule has 24 heavy (non-hydrogen) atoms. The van der Waals surface area contributed by atoms with E-state index < -0.39 is 0 Å². The Morgan fingerprint density at radius 3 is 2.62 bits per heavy atom. The van der Waals surface area contributed by atoms with E-state index >= 15 is 0 Å². The van der Waals surface area contributed by atoms with Crippen molar-refractivity contribution in [2.45, 2.75) is 18.9 Å². The molecule has 126 valence electrons. The molecular formula is C18H20ClN3O2. The van der Waals surface area contributed by atoms with Gasteiger partial charge < -0.3 is 10.1 Å². The molecule has 4 rings (SSSR count). The largest absolute Gasteiger partial charge is 0.492 e. The first kappa shape index (κ1) is 16.6. The van der Waals surface area contributed by atoms with Crippen LogP contribution in [0, 0.1) is 0 Å². The third kappa shape index (κ3) is 3.18. The number of nitrogens with zero attached hydrogens (tertiary/aromatic N) is 1. The average Bonchev–Trinajstić information content (AvgIpc) is 3.22. The molecule has 1 aromatic heterocycles. The number of H-pyrrole nitrogens is 1. The number of nitrogens with one attached hydrogen (secondary N) is 2. The number of aromatic nitrogens is 2. The number of hydrogen-bond acceptors (Lipinski definition) is 3. The van der Waals surface area contributed by atoms with Gasteiger partial charge in [0.2, 0.25) is 0 Å². The summed E-state index contributed by atoms with van der Waals surface area (Å²) in [4.78, 5) is 12.4. The van der Waals surface area contributed by atoms with E-state index in [-0.39, 0.29) is 18.0 Å². The molecule has 2 heterocycles. The number of rotatable bonds is 4. The van der Waals surface area contributed by atoms with Crippen LogP contribution in [0.5, 0.6) is 5.75 Å². The van der Waals surface area contributed by atoms with Crippen molar-refractivity contribution < 1.29 is 4.74 Å². The highest BCUT2D eigenvalue weighted by Gasteiger charge is 2.14. The van der Waals surface area contributed by atoms with Crippen molar-refractivity contribution in [1.29, 1.82) is 0 Å². The molecule has 0 aliphatic carbocycles. The van der Waals surface area contributed by atoms with Crippen LogP contribution in [0.4, 0.5) is 0 Å². The zero-order chi connectivity index (χ0) is 15.6. The van der Waals surface area contributed by atoms with E-state index in [2.05, 4.69) is 10.4 Å². The van der Waals surface area contributed by atoms with Crippen LogP contribution in [-0.2, 0) is 0 Å². The number of para-hydroxylation sites is 1. The Morgan fingerprint density at radius 2 is 1.92 bits per heavy atom. The first-order chi connectivity index (χ1) is 11.3. The Balaban J connectivity index is 0.00000169. The van der Waals surface area contributed by atoms with Crippen molar-refractivity contribution >= 4 is 23.3 Å². The van der Waals surface area contributed by atoms with Crippen LogP contribution < -0.4 is 15.6 Å². The van der Waals surface area contributed by atoms with E-state index in [1.807, 2.05) is 48.5 Å². The maximum atomic E-state index is 12.4. The fourth-order valence-electron chi connectivity index (χ4n) is 3.03. The lowest BCUT2D eigenvalue weighted by Gasteiger charge is -2.12. The summed E-state index contributed by atoms with van der Waals surface area (Å²) in [7, 11) is 0. The molecule has 1 unspecified atom stereocenters. The molecule has 1 saturated heterocycles. The number of fused-ring (bicyclic) bond motifs is 1. The minimum absolute atomic E-state index is 0. The number of benzene rings is 2. The van der Waals surface area contributed by atoms with E-state index in [0.29, 0.717) is 18.0 Å². The van der Waals surface area contributed by atoms with E-state index in [9.17, 15) is 4.79 Å². The Bertz CT molecular complexity index is 864. The van der Waals surface area contributed by atoms with E-state index in [1.54, 1.807) is 4.68 Å². The summed E-state index contributed by atoms with van der Waals surface area (Å²) in [5, 5.41) is 7.24. The van der Waals surface area contributed by atoms with Gasteiger partial charge in [-0.05, 0) is 55.8 Å². The molecule has 0 spiro atoms. The number of hydrogen-bond donors (Lipinski definition) is 2. The Kier molecular flexibility index (Phi) is 4.92. The molecule has 5 nitrogen and oxygen atoms in total. The molecule has 1 atom stereocenters. The predicted molar refractivity (Wildman–Crippen MR) is 97.7 cm³/mol. The number of aromatic amines is 1. The minimum Gasteiger partial charge on any atom is -0.492 e. The lowest BCUT2D eigenvalue weighted by atomic mass is 10.2. The molecule has 6 heteroatoms. The zero-order valence-electron chi connectivity index (χ0n) is 13.2. The fraction of sp³-hybridized carbons (Fsp3) is 0.278. The molecule has 3 aromatic rings. The van der Waals surface area contributed by atoms with Crippen LogP contribution >= 0.6 is 12.4 Å². The highest BCUT2D eigenvalue weighted by atomic mass is 35.5. The van der Waals surface area contributed by atoms with E-state index in [1.165, 1.54) is 12.8 Å². The summed E-state index contributed by atoms with van der Waals surface area (Å²) in [6.45, 7) is 1.77. The second kappa shape index (κ2) is 7.11. The van der Waals surface area contributed by atoms with Crippen LogP contribution in [0.1, 0.15) is 12.8 Å². The monoisotopic (exact) mass is 345 g/mol. The molecule has 0 saturated carbocycles. The van der Waals surface area contributed by atoms with Gasteiger partial charge in [-0.15, -0.1) is 12.4 Å². The van der Waals surface area contributed by atoms with Crippen molar-refractivity contribution in [2.24, 2.45) is 0 Å². The first-order valence-electron chi connectivity index (χ1n) is 7.98. The fourth-order valence-corrected chi connectivity index (χ4v) is 3.03. The van der Waals surface area contributed by atoms with Gasteiger partial charge in [-0.2, -0.15) is 0 Å². The summed E-state index contributed by atoms with van der Waals surface area (Å²) in [5.74, 6) is 0.826. The Hall–Kier alpha value is -2.24. The van der Waals surface area contributed by atoms with Crippen LogP contribution in [0.25, 0.3) is 16.6 Å². The summed E-state index contributed by atoms with van der Waals surface area (Å²) in [6.07, 6.45) is 2.39. The summed E-state index contributed by atoms with van der Waals surface area (Å²) >= 11 is 0. The topological polar surface area (TPSA) is 59.0 Å². The quantitative estimate of drug-likeness (QED) is 0.764. The standard InChI is InChI=1S/C18H19N3O2.ClH/c22-18-16-5-1-2-6-17(16)20-21(18)14-7-9-15(10-8-14)23-12-13-4-3-11-19-13;/h1-2,5-10,13,19-20H,3-4,11-12H2;1H. The summed E-state index contributed by atoms with van der Waals surface area (Å²) in [5.41, 5.74) is 1.60. The summed E-state index contributed by atoms with van der Waals surface area (Å²) < 4.78 is 7.37. The highest BCUT2D eigenvalue weighted by molar-refractivity contribution is 5.85. The predicted octanol–water partition coefficient (Wildman–Crippen LogP) is 2.87. The van der Waals surface area contributed by atoms with Gasteiger partial charge in [0, 0.05) is 6.04 Å². The van der Waals surface area contributed by atoms with Crippen LogP contribution in [-0.4, -0.2) is 29.0 Å². The van der Waals surface area contributed by atoms with Crippen molar-refractivity contribution in [3.05, 3.63) is 58.9 Å². The third-order valence-electron chi connectivity index (χ3n) is 4.30. The zero-order valence-corrected chi connectivity index (χ0v) is 14.0. The lowest BCUT2D eigenvalue weighted by Crippen LogP contribution is -2.28. The Morgan fingerprint density at radius 1 is 1.12 bits per heavy atom. The molecule has 2 aromatic carbocycles. The Labute approximate surface area is 146 Å². The van der Waals surface area contributed by atoms with E-state index in [4.69, 9.17) is 4.74 Å². The van der Waals surface area contributed by atoms with Crippen molar-refractivity contribution in [1.82, 2.24) is 15.1 Å². The molecule has 0 amide bonds. The van der Waals surface area contributed by atoms with Crippen LogP contribution in [0.15, 0.2) is 53.3 Å². The van der Waals surface area contributed by atoms with Crippen molar-refractivity contribution in [2.75, 3.05) is 13.2 Å². The van der Waals surface area contributed by atoms with Gasteiger partial charge in [-0.3, -0.25) is 9.89 Å². The molecular weight excluding hydrogens is 326 g/mol. The molecule has 2 N–H and O–H groups in total. The van der Waals surface area contributed by atoms with Crippen LogP contribution in [0.3, 0.4) is 0 Å². The molecule has 0 bridgehead atoms. The maximum Gasteiger partial charge on any atom is 0.279 e. The van der Waals surface area contributed by atoms with Gasteiger partial charge in [-0.1, -0.05) is 12.1 Å². The second-order valence-corrected chi connectivity index (χ2v) is 5.90. The second-order valence-electron chi connectivity index (χ2n) is 5.90. The maximum absolute atomic E-state index is 12.4. The molecule has 1 aliphatic heterocycles. The lowest BCUT2D eigenvalue weighted by molar-refractivity contribution is 0.277. The summed E-state index contributed by atoms with van der Waals surface area (Å²) in [6, 6.07) is 15.6. The van der Waals surface area contributed by atoms with Gasteiger partial charge in [0.15, 0.2) is 0 Å². The number of halogens is 1.